The van der Waals surface area contributed by atoms with Gasteiger partial charge in [0.15, 0.2) is 10.1 Å². The van der Waals surface area contributed by atoms with Crippen LogP contribution in [0.3, 0.4) is 0 Å². The monoisotopic (exact) mass is 188 g/mol. The Hall–Kier alpha value is -0.740. The molecule has 0 unspecified atom stereocenters. The Bertz CT molecular complexity index is 400. The summed E-state index contributed by atoms with van der Waals surface area (Å²) in [5.74, 6) is -0.363. The highest BCUT2D eigenvalue weighted by Gasteiger charge is 2.02. The van der Waals surface area contributed by atoms with Gasteiger partial charge in [-0.2, -0.15) is 0 Å². The fourth-order valence-corrected chi connectivity index (χ4v) is 1.77. The molecule has 0 saturated carbocycles. The van der Waals surface area contributed by atoms with Crippen molar-refractivity contribution < 1.29 is 4.39 Å². The van der Waals surface area contributed by atoms with Gasteiger partial charge in [0.05, 0.1) is 10.9 Å². The maximum Gasteiger partial charge on any atom is 0.186 e. The van der Waals surface area contributed by atoms with Crippen LogP contribution in [0.2, 0.25) is 4.47 Å². The van der Waals surface area contributed by atoms with Crippen molar-refractivity contribution >= 4 is 33.3 Å². The van der Waals surface area contributed by atoms with Crippen LogP contribution >= 0.6 is 22.9 Å². The van der Waals surface area contributed by atoms with Crippen molar-refractivity contribution in [3.8, 4) is 0 Å². The Balaban J connectivity index is 2.82. The van der Waals surface area contributed by atoms with E-state index in [2.05, 4.69) is 9.97 Å². The lowest BCUT2D eigenvalue weighted by Crippen LogP contribution is -1.77. The van der Waals surface area contributed by atoms with Gasteiger partial charge < -0.3 is 0 Å². The van der Waals surface area contributed by atoms with Crippen LogP contribution in [-0.2, 0) is 0 Å². The highest BCUT2D eigenvalue weighted by atomic mass is 35.5. The lowest BCUT2D eigenvalue weighted by Gasteiger charge is -1.84. The van der Waals surface area contributed by atoms with Gasteiger partial charge in [-0.1, -0.05) is 11.6 Å². The number of hydrogen-bond acceptors (Lipinski definition) is 3. The van der Waals surface area contributed by atoms with Crippen LogP contribution < -0.4 is 0 Å². The summed E-state index contributed by atoms with van der Waals surface area (Å²) in [7, 11) is 0. The third kappa shape index (κ3) is 1.19. The Morgan fingerprint density at radius 2 is 2.36 bits per heavy atom. The number of rotatable bonds is 0. The molecule has 0 bridgehead atoms. The quantitative estimate of drug-likeness (QED) is 0.635. The Kier molecular flexibility index (Phi) is 1.51. The number of fused-ring (bicyclic) bond motifs is 1. The predicted molar refractivity (Wildman–Crippen MR) is 42.4 cm³/mol. The number of thiazole rings is 1. The van der Waals surface area contributed by atoms with Gasteiger partial charge in [0.25, 0.3) is 0 Å². The van der Waals surface area contributed by atoms with Gasteiger partial charge in [-0.15, -0.1) is 11.3 Å². The number of nitrogens with zero attached hydrogens (tertiary/aromatic N) is 2. The molecule has 2 aromatic heterocycles. The second-order valence-electron chi connectivity index (χ2n) is 1.94. The SMILES string of the molecule is Fc1cnc2nc(Cl)sc2c1. The normalized spacial score (nSPS) is 10.7. The lowest BCUT2D eigenvalue weighted by atomic mass is 10.5. The third-order valence-electron chi connectivity index (χ3n) is 1.19. The van der Waals surface area contributed by atoms with Crippen molar-refractivity contribution in [3.05, 3.63) is 22.5 Å². The first-order valence-electron chi connectivity index (χ1n) is 2.83. The van der Waals surface area contributed by atoms with Crippen molar-refractivity contribution in [1.29, 1.82) is 0 Å². The summed E-state index contributed by atoms with van der Waals surface area (Å²) in [6.07, 6.45) is 1.12. The van der Waals surface area contributed by atoms with Gasteiger partial charge in [0.2, 0.25) is 0 Å². The molecule has 2 nitrogen and oxygen atoms in total. The molecule has 0 aliphatic carbocycles. The lowest BCUT2D eigenvalue weighted by molar-refractivity contribution is 0.624. The van der Waals surface area contributed by atoms with E-state index in [-0.39, 0.29) is 5.82 Å². The number of hydrogen-bond donors (Lipinski definition) is 0. The van der Waals surface area contributed by atoms with E-state index in [1.807, 2.05) is 0 Å². The van der Waals surface area contributed by atoms with Crippen LogP contribution in [0.1, 0.15) is 0 Å². The average molecular weight is 189 g/mol. The zero-order valence-electron chi connectivity index (χ0n) is 5.21. The molecule has 0 aromatic carbocycles. The van der Waals surface area contributed by atoms with E-state index in [9.17, 15) is 4.39 Å². The van der Waals surface area contributed by atoms with Crippen LogP contribution in [0.15, 0.2) is 12.3 Å². The van der Waals surface area contributed by atoms with Crippen LogP contribution in [0.4, 0.5) is 4.39 Å². The molecule has 5 heteroatoms. The Morgan fingerprint density at radius 3 is 3.18 bits per heavy atom. The second-order valence-corrected chi connectivity index (χ2v) is 3.55. The highest BCUT2D eigenvalue weighted by molar-refractivity contribution is 7.22. The third-order valence-corrected chi connectivity index (χ3v) is 2.28. The van der Waals surface area contributed by atoms with Gasteiger partial charge in [-0.25, -0.2) is 14.4 Å². The molecule has 0 aliphatic heterocycles. The van der Waals surface area contributed by atoms with Gasteiger partial charge >= 0.3 is 0 Å². The van der Waals surface area contributed by atoms with Crippen LogP contribution in [0.5, 0.6) is 0 Å². The van der Waals surface area contributed by atoms with Gasteiger partial charge in [0.1, 0.15) is 5.82 Å². The smallest absolute Gasteiger partial charge is 0.186 e. The number of pyridine rings is 1. The van der Waals surface area contributed by atoms with Gasteiger partial charge in [-0.05, 0) is 6.07 Å². The molecular weight excluding hydrogens is 187 g/mol. The standard InChI is InChI=1S/C6H2ClFN2S/c7-6-10-5-4(11-6)1-3(8)2-9-5/h1-2H. The summed E-state index contributed by atoms with van der Waals surface area (Å²) in [5.41, 5.74) is 0.501. The van der Waals surface area contributed by atoms with Crippen LogP contribution in [0.25, 0.3) is 10.3 Å². The summed E-state index contributed by atoms with van der Waals surface area (Å²) in [6, 6.07) is 1.37. The zero-order valence-corrected chi connectivity index (χ0v) is 6.79. The molecule has 0 N–H and O–H groups in total. The predicted octanol–water partition coefficient (Wildman–Crippen LogP) is 2.48. The van der Waals surface area contributed by atoms with E-state index in [0.29, 0.717) is 14.8 Å². The molecule has 0 atom stereocenters. The summed E-state index contributed by atoms with van der Waals surface area (Å²) < 4.78 is 13.6. The molecule has 0 saturated heterocycles. The second kappa shape index (κ2) is 2.39. The van der Waals surface area contributed by atoms with Crippen molar-refractivity contribution in [2.75, 3.05) is 0 Å². The molecule has 0 aliphatic rings. The molecule has 2 aromatic rings. The van der Waals surface area contributed by atoms with E-state index in [1.54, 1.807) is 0 Å². The van der Waals surface area contributed by atoms with Gasteiger partial charge in [-0.3, -0.25) is 0 Å². The first kappa shape index (κ1) is 6.94. The molecule has 11 heavy (non-hydrogen) atoms. The Labute approximate surface area is 70.7 Å². The number of halogens is 2. The summed E-state index contributed by atoms with van der Waals surface area (Å²) in [6.45, 7) is 0. The molecule has 0 fully saturated rings. The molecule has 0 amide bonds. The summed E-state index contributed by atoms with van der Waals surface area (Å²) in [4.78, 5) is 7.60. The van der Waals surface area contributed by atoms with E-state index in [4.69, 9.17) is 11.6 Å². The largest absolute Gasteiger partial charge is 0.233 e. The van der Waals surface area contributed by atoms with Crippen LogP contribution in [-0.4, -0.2) is 9.97 Å². The maximum absolute atomic E-state index is 12.5. The van der Waals surface area contributed by atoms with Gasteiger partial charge in [0, 0.05) is 0 Å². The zero-order chi connectivity index (χ0) is 7.84. The van der Waals surface area contributed by atoms with Crippen molar-refractivity contribution in [2.24, 2.45) is 0 Å². The minimum atomic E-state index is -0.363. The van der Waals surface area contributed by atoms with E-state index in [0.717, 1.165) is 6.20 Å². The first-order chi connectivity index (χ1) is 5.25. The summed E-state index contributed by atoms with van der Waals surface area (Å²) in [5, 5.41) is 0. The molecule has 56 valence electrons. The minimum Gasteiger partial charge on any atom is -0.233 e. The van der Waals surface area contributed by atoms with E-state index in [1.165, 1.54) is 17.4 Å². The molecule has 0 spiro atoms. The topological polar surface area (TPSA) is 25.8 Å². The first-order valence-corrected chi connectivity index (χ1v) is 4.03. The maximum atomic E-state index is 12.5. The Morgan fingerprint density at radius 1 is 1.55 bits per heavy atom. The fourth-order valence-electron chi connectivity index (χ4n) is 0.769. The van der Waals surface area contributed by atoms with E-state index >= 15 is 0 Å². The van der Waals surface area contributed by atoms with Crippen molar-refractivity contribution in [3.63, 3.8) is 0 Å². The van der Waals surface area contributed by atoms with Crippen molar-refractivity contribution in [2.45, 2.75) is 0 Å². The molecule has 2 rings (SSSR count). The minimum absolute atomic E-state index is 0.363. The number of aromatic nitrogens is 2. The average Bonchev–Trinajstić information content (AvgIpc) is 2.27. The highest BCUT2D eigenvalue weighted by Crippen LogP contribution is 2.23. The van der Waals surface area contributed by atoms with Crippen molar-refractivity contribution in [1.82, 2.24) is 9.97 Å². The molecular formula is C6H2ClFN2S. The molecule has 0 radical (unpaired) electrons. The van der Waals surface area contributed by atoms with E-state index < -0.39 is 0 Å². The fraction of sp³-hybridized carbons (Fsp3) is 0. The molecule has 2 heterocycles. The summed E-state index contributed by atoms with van der Waals surface area (Å²) >= 11 is 6.80. The van der Waals surface area contributed by atoms with Crippen LogP contribution in [0, 0.1) is 5.82 Å².